The lowest BCUT2D eigenvalue weighted by Gasteiger charge is -2.37. The summed E-state index contributed by atoms with van der Waals surface area (Å²) in [5.74, 6) is 1.94. The molecule has 2 aromatic heterocycles. The summed E-state index contributed by atoms with van der Waals surface area (Å²) in [6.45, 7) is 5.95. The first-order chi connectivity index (χ1) is 15.2. The number of thiophene rings is 1. The zero-order chi connectivity index (χ0) is 21.5. The monoisotopic (exact) mass is 568 g/mol. The molecule has 0 amide bonds. The molecule has 2 aliphatic rings. The summed E-state index contributed by atoms with van der Waals surface area (Å²) in [4.78, 5) is 15.4. The van der Waals surface area contributed by atoms with Crippen LogP contribution in [-0.4, -0.2) is 62.7 Å². The maximum absolute atomic E-state index is 4.70. The lowest BCUT2D eigenvalue weighted by atomic mass is 9.73. The van der Waals surface area contributed by atoms with Gasteiger partial charge in [0.25, 0.3) is 0 Å². The summed E-state index contributed by atoms with van der Waals surface area (Å²) in [5.41, 5.74) is 1.42. The Morgan fingerprint density at radius 2 is 1.88 bits per heavy atom. The molecule has 0 bridgehead atoms. The average molecular weight is 569 g/mol. The minimum absolute atomic E-state index is 0. The van der Waals surface area contributed by atoms with E-state index in [1.54, 1.807) is 0 Å². The second kappa shape index (κ2) is 12.2. The van der Waals surface area contributed by atoms with Crippen molar-refractivity contribution in [2.75, 3.05) is 51.7 Å². The van der Waals surface area contributed by atoms with Crippen molar-refractivity contribution in [3.05, 3.63) is 46.3 Å². The Kier molecular flexibility index (Phi) is 9.61. The number of guanidine groups is 1. The van der Waals surface area contributed by atoms with Gasteiger partial charge in [0.15, 0.2) is 5.96 Å². The second-order valence-electron chi connectivity index (χ2n) is 8.91. The number of nitrogens with zero attached hydrogens (tertiary/aromatic N) is 4. The fourth-order valence-electron chi connectivity index (χ4n) is 4.72. The standard InChI is InChI=1S/C24H36N6S.HI/c1-25-23(28-19-24(10-4-3-5-11-24)21-7-6-16-31-21)27-18-20-8-9-22(26-17-20)30-14-12-29(2)13-15-30;/h6-9,16-17H,3-5,10-15,18-19H2,1-2H3,(H2,25,27,28);1H. The molecule has 1 aliphatic carbocycles. The maximum atomic E-state index is 4.70. The Morgan fingerprint density at radius 1 is 1.09 bits per heavy atom. The van der Waals surface area contributed by atoms with Crippen LogP contribution in [0.1, 0.15) is 42.5 Å². The Labute approximate surface area is 213 Å². The van der Waals surface area contributed by atoms with Crippen LogP contribution in [0.2, 0.25) is 0 Å². The molecule has 2 fully saturated rings. The van der Waals surface area contributed by atoms with Gasteiger partial charge < -0.3 is 20.4 Å². The van der Waals surface area contributed by atoms with Crippen LogP contribution < -0.4 is 15.5 Å². The van der Waals surface area contributed by atoms with E-state index in [0.29, 0.717) is 0 Å². The van der Waals surface area contributed by atoms with Crippen molar-refractivity contribution in [2.45, 2.75) is 44.1 Å². The van der Waals surface area contributed by atoms with Crippen molar-refractivity contribution in [3.8, 4) is 0 Å². The summed E-state index contributed by atoms with van der Waals surface area (Å²) in [7, 11) is 4.03. The quantitative estimate of drug-likeness (QED) is 0.313. The van der Waals surface area contributed by atoms with Crippen LogP contribution in [0.25, 0.3) is 0 Å². The van der Waals surface area contributed by atoms with Gasteiger partial charge in [0, 0.05) is 62.8 Å². The molecule has 32 heavy (non-hydrogen) atoms. The normalized spacial score (nSPS) is 19.3. The lowest BCUT2D eigenvalue weighted by Crippen LogP contribution is -2.46. The molecule has 176 valence electrons. The van der Waals surface area contributed by atoms with Gasteiger partial charge in [-0.25, -0.2) is 4.98 Å². The number of aliphatic imine (C=N–C) groups is 1. The number of rotatable bonds is 6. The number of likely N-dealkylation sites (N-methyl/N-ethyl adjacent to an activating group) is 1. The fourth-order valence-corrected chi connectivity index (χ4v) is 5.71. The Morgan fingerprint density at radius 3 is 2.50 bits per heavy atom. The van der Waals surface area contributed by atoms with Crippen molar-refractivity contribution in [3.63, 3.8) is 0 Å². The molecule has 2 aromatic rings. The van der Waals surface area contributed by atoms with Gasteiger partial charge in [0.1, 0.15) is 5.82 Å². The molecular formula is C24H37IN6S. The minimum Gasteiger partial charge on any atom is -0.355 e. The highest BCUT2D eigenvalue weighted by molar-refractivity contribution is 14.0. The largest absolute Gasteiger partial charge is 0.355 e. The highest BCUT2D eigenvalue weighted by Crippen LogP contribution is 2.41. The average Bonchev–Trinajstić information content (AvgIpc) is 3.37. The number of aromatic nitrogens is 1. The second-order valence-corrected chi connectivity index (χ2v) is 9.86. The van der Waals surface area contributed by atoms with Gasteiger partial charge in [-0.05, 0) is 43.0 Å². The number of hydrogen-bond donors (Lipinski definition) is 2. The first-order valence-corrected chi connectivity index (χ1v) is 12.4. The van der Waals surface area contributed by atoms with Crippen molar-refractivity contribution in [1.82, 2.24) is 20.5 Å². The molecule has 0 aromatic carbocycles. The van der Waals surface area contributed by atoms with Gasteiger partial charge in [-0.15, -0.1) is 35.3 Å². The van der Waals surface area contributed by atoms with E-state index in [-0.39, 0.29) is 29.4 Å². The molecule has 1 saturated heterocycles. The van der Waals surface area contributed by atoms with E-state index < -0.39 is 0 Å². The SMILES string of the molecule is CN=C(NCc1ccc(N2CCN(C)CC2)nc1)NCC1(c2cccs2)CCCCC1.I. The molecule has 3 heterocycles. The first kappa shape index (κ1) is 25.2. The fraction of sp³-hybridized carbons (Fsp3) is 0.583. The zero-order valence-electron chi connectivity index (χ0n) is 19.3. The van der Waals surface area contributed by atoms with Crippen molar-refractivity contribution >= 4 is 47.1 Å². The predicted octanol–water partition coefficient (Wildman–Crippen LogP) is 4.08. The summed E-state index contributed by atoms with van der Waals surface area (Å²) in [5, 5.41) is 9.30. The van der Waals surface area contributed by atoms with Crippen LogP contribution in [0.15, 0.2) is 40.8 Å². The number of hydrogen-bond acceptors (Lipinski definition) is 5. The summed E-state index contributed by atoms with van der Waals surface area (Å²) >= 11 is 1.90. The van der Waals surface area contributed by atoms with E-state index in [9.17, 15) is 0 Å². The topological polar surface area (TPSA) is 55.8 Å². The molecule has 0 atom stereocenters. The van der Waals surface area contributed by atoms with Gasteiger partial charge >= 0.3 is 0 Å². The van der Waals surface area contributed by atoms with Crippen LogP contribution in [-0.2, 0) is 12.0 Å². The molecule has 1 saturated carbocycles. The van der Waals surface area contributed by atoms with Gasteiger partial charge in [-0.1, -0.05) is 31.4 Å². The Bertz CT molecular complexity index is 825. The third kappa shape index (κ3) is 6.35. The van der Waals surface area contributed by atoms with Crippen LogP contribution in [0.5, 0.6) is 0 Å². The predicted molar refractivity (Wildman–Crippen MR) is 147 cm³/mol. The number of halogens is 1. The van der Waals surface area contributed by atoms with Gasteiger partial charge in [-0.3, -0.25) is 4.99 Å². The van der Waals surface area contributed by atoms with Gasteiger partial charge in [0.2, 0.25) is 0 Å². The van der Waals surface area contributed by atoms with Crippen molar-refractivity contribution < 1.29 is 0 Å². The van der Waals surface area contributed by atoms with Crippen LogP contribution in [0, 0.1) is 0 Å². The van der Waals surface area contributed by atoms with Gasteiger partial charge in [0.05, 0.1) is 0 Å². The number of pyridine rings is 1. The molecule has 8 heteroatoms. The highest BCUT2D eigenvalue weighted by atomic mass is 127. The third-order valence-corrected chi connectivity index (χ3v) is 7.88. The van der Waals surface area contributed by atoms with E-state index in [1.807, 2.05) is 24.6 Å². The molecule has 0 unspecified atom stereocenters. The summed E-state index contributed by atoms with van der Waals surface area (Å²) < 4.78 is 0. The molecule has 6 nitrogen and oxygen atoms in total. The van der Waals surface area contributed by atoms with Crippen LogP contribution in [0.4, 0.5) is 5.82 Å². The molecule has 0 spiro atoms. The molecule has 1 aliphatic heterocycles. The van der Waals surface area contributed by atoms with E-state index in [2.05, 4.69) is 62.1 Å². The van der Waals surface area contributed by atoms with Crippen molar-refractivity contribution in [1.29, 1.82) is 0 Å². The molecule has 4 rings (SSSR count). The number of nitrogens with one attached hydrogen (secondary N) is 2. The number of piperazine rings is 1. The van der Waals surface area contributed by atoms with E-state index >= 15 is 0 Å². The summed E-state index contributed by atoms with van der Waals surface area (Å²) in [6.07, 6.45) is 8.50. The van der Waals surface area contributed by atoms with Crippen LogP contribution in [0.3, 0.4) is 0 Å². The summed E-state index contributed by atoms with van der Waals surface area (Å²) in [6, 6.07) is 8.81. The Hall–Kier alpha value is -1.39. The lowest BCUT2D eigenvalue weighted by molar-refractivity contribution is 0.296. The minimum atomic E-state index is 0. The maximum Gasteiger partial charge on any atom is 0.191 e. The van der Waals surface area contributed by atoms with E-state index in [0.717, 1.165) is 51.0 Å². The van der Waals surface area contributed by atoms with E-state index in [4.69, 9.17) is 4.98 Å². The van der Waals surface area contributed by atoms with Crippen molar-refractivity contribution in [2.24, 2.45) is 4.99 Å². The molecular weight excluding hydrogens is 531 g/mol. The highest BCUT2D eigenvalue weighted by Gasteiger charge is 2.34. The first-order valence-electron chi connectivity index (χ1n) is 11.6. The molecule has 2 N–H and O–H groups in total. The van der Waals surface area contributed by atoms with Gasteiger partial charge in [-0.2, -0.15) is 0 Å². The van der Waals surface area contributed by atoms with Crippen LogP contribution >= 0.6 is 35.3 Å². The third-order valence-electron chi connectivity index (χ3n) is 6.77. The van der Waals surface area contributed by atoms with E-state index in [1.165, 1.54) is 42.5 Å². The molecule has 0 radical (unpaired) electrons. The smallest absolute Gasteiger partial charge is 0.191 e. The zero-order valence-corrected chi connectivity index (χ0v) is 22.5. The number of anilines is 1. The Balaban J connectivity index is 0.00000289.